The molecule has 0 amide bonds. The highest BCUT2D eigenvalue weighted by atomic mass is 15.0. The summed E-state index contributed by atoms with van der Waals surface area (Å²) in [4.78, 5) is 0. The molecule has 2 rings (SSSR count). The van der Waals surface area contributed by atoms with E-state index in [9.17, 15) is 0 Å². The number of nitrogens with zero attached hydrogens (tertiary/aromatic N) is 1. The lowest BCUT2D eigenvalue weighted by Gasteiger charge is -2.08. The fourth-order valence-corrected chi connectivity index (χ4v) is 2.72. The van der Waals surface area contributed by atoms with Gasteiger partial charge in [-0.1, -0.05) is 19.9 Å². The minimum atomic E-state index is 0.703. The molecule has 0 radical (unpaired) electrons. The third-order valence-corrected chi connectivity index (χ3v) is 3.90. The largest absolute Gasteiger partial charge is 0.345 e. The second kappa shape index (κ2) is 5.79. The number of fused-ring (bicyclic) bond motifs is 1. The van der Waals surface area contributed by atoms with Gasteiger partial charge >= 0.3 is 0 Å². The molecule has 0 bridgehead atoms. The van der Waals surface area contributed by atoms with Gasteiger partial charge in [-0.3, -0.25) is 0 Å². The third-order valence-electron chi connectivity index (χ3n) is 3.90. The average molecular weight is 258 g/mol. The van der Waals surface area contributed by atoms with Gasteiger partial charge in [0, 0.05) is 29.7 Å². The van der Waals surface area contributed by atoms with E-state index in [2.05, 4.69) is 62.7 Å². The molecular weight excluding hydrogens is 232 g/mol. The number of aryl methyl sites for hydroxylation is 2. The Morgan fingerprint density at radius 2 is 1.95 bits per heavy atom. The highest BCUT2D eigenvalue weighted by molar-refractivity contribution is 5.86. The van der Waals surface area contributed by atoms with E-state index in [0.29, 0.717) is 5.92 Å². The Morgan fingerprint density at radius 3 is 2.58 bits per heavy atom. The van der Waals surface area contributed by atoms with Gasteiger partial charge in [-0.25, -0.2) is 0 Å². The fraction of sp³-hybridized carbons (Fsp3) is 0.529. The summed E-state index contributed by atoms with van der Waals surface area (Å²) in [6.07, 6.45) is 0. The van der Waals surface area contributed by atoms with Crippen molar-refractivity contribution >= 4 is 10.9 Å². The smallest absolute Gasteiger partial charge is 0.0485 e. The second-order valence-corrected chi connectivity index (χ2v) is 5.83. The van der Waals surface area contributed by atoms with Gasteiger partial charge in [-0.2, -0.15) is 0 Å². The van der Waals surface area contributed by atoms with Crippen LogP contribution in [0, 0.1) is 19.8 Å². The first-order valence-electron chi connectivity index (χ1n) is 7.33. The lowest BCUT2D eigenvalue weighted by Crippen LogP contribution is -2.18. The molecule has 1 aromatic carbocycles. The van der Waals surface area contributed by atoms with Crippen LogP contribution in [0.4, 0.5) is 0 Å². The van der Waals surface area contributed by atoms with Crippen molar-refractivity contribution < 1.29 is 0 Å². The molecule has 0 aliphatic heterocycles. The van der Waals surface area contributed by atoms with E-state index in [1.807, 2.05) is 0 Å². The van der Waals surface area contributed by atoms with Gasteiger partial charge in [0.15, 0.2) is 0 Å². The van der Waals surface area contributed by atoms with E-state index < -0.39 is 0 Å². The Bertz CT molecular complexity index is 564. The van der Waals surface area contributed by atoms with E-state index >= 15 is 0 Å². The van der Waals surface area contributed by atoms with Crippen LogP contribution in [0.15, 0.2) is 18.2 Å². The van der Waals surface area contributed by atoms with Crippen molar-refractivity contribution in [3.05, 3.63) is 35.0 Å². The van der Waals surface area contributed by atoms with Crippen LogP contribution in [0.1, 0.15) is 37.6 Å². The highest BCUT2D eigenvalue weighted by Gasteiger charge is 2.09. The third kappa shape index (κ3) is 2.84. The van der Waals surface area contributed by atoms with E-state index in [-0.39, 0.29) is 0 Å². The molecule has 0 unspecified atom stereocenters. The van der Waals surface area contributed by atoms with E-state index in [1.165, 1.54) is 27.7 Å². The van der Waals surface area contributed by atoms with Gasteiger partial charge in [0.05, 0.1) is 0 Å². The molecule has 0 fully saturated rings. The van der Waals surface area contributed by atoms with Gasteiger partial charge in [0.25, 0.3) is 0 Å². The molecule has 2 heteroatoms. The first-order valence-corrected chi connectivity index (χ1v) is 7.33. The molecule has 0 atom stereocenters. The summed E-state index contributed by atoms with van der Waals surface area (Å²) in [5.41, 5.74) is 5.56. The monoisotopic (exact) mass is 258 g/mol. The molecule has 0 spiro atoms. The van der Waals surface area contributed by atoms with Crippen molar-refractivity contribution in [2.24, 2.45) is 5.92 Å². The van der Waals surface area contributed by atoms with Gasteiger partial charge in [-0.05, 0) is 56.5 Å². The van der Waals surface area contributed by atoms with Crippen molar-refractivity contribution in [3.8, 4) is 0 Å². The first-order chi connectivity index (χ1) is 9.04. The Kier molecular flexibility index (Phi) is 4.31. The van der Waals surface area contributed by atoms with Crippen LogP contribution in [0.3, 0.4) is 0 Å². The Hall–Kier alpha value is -1.28. The van der Waals surface area contributed by atoms with E-state index in [4.69, 9.17) is 0 Å². The highest BCUT2D eigenvalue weighted by Crippen LogP contribution is 2.26. The molecule has 0 saturated carbocycles. The van der Waals surface area contributed by atoms with Gasteiger partial charge in [-0.15, -0.1) is 0 Å². The molecule has 104 valence electrons. The quantitative estimate of drug-likeness (QED) is 0.857. The predicted molar refractivity (Wildman–Crippen MR) is 83.6 cm³/mol. The predicted octanol–water partition coefficient (Wildman–Crippen LogP) is 4.02. The summed E-state index contributed by atoms with van der Waals surface area (Å²) < 4.78 is 2.40. The zero-order valence-corrected chi connectivity index (χ0v) is 12.9. The van der Waals surface area contributed by atoms with Gasteiger partial charge in [0.1, 0.15) is 0 Å². The summed E-state index contributed by atoms with van der Waals surface area (Å²) in [7, 11) is 0. The number of aromatic nitrogens is 1. The van der Waals surface area contributed by atoms with Crippen LogP contribution in [0.25, 0.3) is 10.9 Å². The normalized spacial score (nSPS) is 11.7. The Labute approximate surface area is 116 Å². The molecule has 1 heterocycles. The zero-order valence-electron chi connectivity index (χ0n) is 12.9. The Morgan fingerprint density at radius 1 is 1.21 bits per heavy atom. The molecule has 0 aliphatic rings. The van der Waals surface area contributed by atoms with Crippen LogP contribution in [-0.2, 0) is 13.1 Å². The number of hydrogen-bond acceptors (Lipinski definition) is 1. The number of benzene rings is 1. The van der Waals surface area contributed by atoms with Crippen LogP contribution < -0.4 is 5.32 Å². The maximum Gasteiger partial charge on any atom is 0.0485 e. The molecule has 2 aromatic rings. The number of nitrogens with one attached hydrogen (secondary N) is 1. The second-order valence-electron chi connectivity index (χ2n) is 5.83. The zero-order chi connectivity index (χ0) is 14.0. The van der Waals surface area contributed by atoms with Crippen LogP contribution in [-0.4, -0.2) is 11.1 Å². The van der Waals surface area contributed by atoms with Crippen LogP contribution in [0.5, 0.6) is 0 Å². The molecule has 1 aromatic heterocycles. The van der Waals surface area contributed by atoms with Crippen LogP contribution in [0.2, 0.25) is 0 Å². The first kappa shape index (κ1) is 14.1. The summed E-state index contributed by atoms with van der Waals surface area (Å²) in [5, 5.41) is 4.92. The van der Waals surface area contributed by atoms with Gasteiger partial charge < -0.3 is 9.88 Å². The topological polar surface area (TPSA) is 17.0 Å². The minimum absolute atomic E-state index is 0.703. The molecule has 1 N–H and O–H groups in total. The average Bonchev–Trinajstić information content (AvgIpc) is 2.61. The standard InChI is InChI=1S/C17H26N2/c1-6-19-14(5)13(4)16-9-15(7-8-17(16)19)11-18-10-12(2)3/h7-9,12,18H,6,10-11H2,1-5H3. The Balaban J connectivity index is 2.28. The van der Waals surface area contributed by atoms with Crippen LogP contribution >= 0.6 is 0 Å². The summed E-state index contributed by atoms with van der Waals surface area (Å²) in [6, 6.07) is 6.86. The fourth-order valence-electron chi connectivity index (χ4n) is 2.72. The number of rotatable bonds is 5. The van der Waals surface area contributed by atoms with E-state index in [0.717, 1.165) is 19.6 Å². The number of hydrogen-bond donors (Lipinski definition) is 1. The van der Waals surface area contributed by atoms with E-state index in [1.54, 1.807) is 0 Å². The van der Waals surface area contributed by atoms with Crippen molar-refractivity contribution in [1.29, 1.82) is 0 Å². The lowest BCUT2D eigenvalue weighted by atomic mass is 10.1. The summed E-state index contributed by atoms with van der Waals surface area (Å²) in [6.45, 7) is 14.2. The summed E-state index contributed by atoms with van der Waals surface area (Å²) >= 11 is 0. The molecular formula is C17H26N2. The maximum absolute atomic E-state index is 3.51. The van der Waals surface area contributed by atoms with Gasteiger partial charge in [0.2, 0.25) is 0 Å². The molecule has 0 aliphatic carbocycles. The maximum atomic E-state index is 3.51. The molecule has 0 saturated heterocycles. The molecule has 19 heavy (non-hydrogen) atoms. The SMILES string of the molecule is CCn1c(C)c(C)c2cc(CNCC(C)C)ccc21. The molecule has 2 nitrogen and oxygen atoms in total. The minimum Gasteiger partial charge on any atom is -0.345 e. The van der Waals surface area contributed by atoms with Crippen molar-refractivity contribution in [2.75, 3.05) is 6.54 Å². The van der Waals surface area contributed by atoms with Crippen molar-refractivity contribution in [1.82, 2.24) is 9.88 Å². The lowest BCUT2D eigenvalue weighted by molar-refractivity contribution is 0.552. The van der Waals surface area contributed by atoms with Crippen molar-refractivity contribution in [2.45, 2.75) is 47.7 Å². The van der Waals surface area contributed by atoms with Crippen molar-refractivity contribution in [3.63, 3.8) is 0 Å². The summed E-state index contributed by atoms with van der Waals surface area (Å²) in [5.74, 6) is 0.703.